The van der Waals surface area contributed by atoms with E-state index in [1.807, 2.05) is 18.4 Å². The van der Waals surface area contributed by atoms with Gasteiger partial charge < -0.3 is 34.3 Å². The highest BCUT2D eigenvalue weighted by molar-refractivity contribution is 6.33. The van der Waals surface area contributed by atoms with Gasteiger partial charge in [-0.2, -0.15) is 0 Å². The second-order valence-corrected chi connectivity index (χ2v) is 9.98. The van der Waals surface area contributed by atoms with Gasteiger partial charge in [0.1, 0.15) is 17.4 Å². The fourth-order valence-electron chi connectivity index (χ4n) is 4.90. The highest BCUT2D eigenvalue weighted by Gasteiger charge is 2.44. The van der Waals surface area contributed by atoms with Crippen molar-refractivity contribution in [1.29, 1.82) is 0 Å². The topological polar surface area (TPSA) is 124 Å². The molecule has 186 valence electrons. The summed E-state index contributed by atoms with van der Waals surface area (Å²) in [5.74, 6) is 0.0558. The standard InChI is InChI=1S/C23H25ClFN5O5/c1-10(2)30-16-4-11(3-14(25)18(16)28-21(30)23(32)8-33-9-23)17-13(24)6-26-22(29-17)27-15-5-12-7-34-20(35-12)19(15)31/h3-4,6,10,12,15,19-20,31-32H,5,7-9H2,1-2H3,(H,26,27,29)/t12-,15+,19-,20+/m0/s1. The van der Waals surface area contributed by atoms with Gasteiger partial charge in [-0.1, -0.05) is 11.6 Å². The number of aliphatic hydroxyl groups is 2. The number of nitrogens with zero attached hydrogens (tertiary/aromatic N) is 4. The molecule has 0 unspecified atom stereocenters. The van der Waals surface area contributed by atoms with E-state index in [9.17, 15) is 10.2 Å². The van der Waals surface area contributed by atoms with E-state index in [0.29, 0.717) is 35.6 Å². The predicted molar refractivity (Wildman–Crippen MR) is 123 cm³/mol. The van der Waals surface area contributed by atoms with E-state index in [0.717, 1.165) is 0 Å². The lowest BCUT2D eigenvalue weighted by Gasteiger charge is -2.36. The highest BCUT2D eigenvalue weighted by atomic mass is 35.5. The van der Waals surface area contributed by atoms with Gasteiger partial charge in [-0.3, -0.25) is 0 Å². The average molecular weight is 506 g/mol. The summed E-state index contributed by atoms with van der Waals surface area (Å²) in [7, 11) is 0. The molecule has 4 atom stereocenters. The molecule has 3 aliphatic heterocycles. The van der Waals surface area contributed by atoms with Crippen molar-refractivity contribution >= 4 is 28.6 Å². The third-order valence-corrected chi connectivity index (χ3v) is 6.95. The van der Waals surface area contributed by atoms with Crippen molar-refractivity contribution < 1.29 is 28.8 Å². The molecule has 0 aliphatic carbocycles. The van der Waals surface area contributed by atoms with Gasteiger partial charge in [0, 0.05) is 11.6 Å². The largest absolute Gasteiger partial charge is 0.386 e. The molecular formula is C23H25ClFN5O5. The molecule has 3 N–H and O–H groups in total. The van der Waals surface area contributed by atoms with Gasteiger partial charge in [-0.15, -0.1) is 0 Å². The number of aliphatic hydroxyl groups excluding tert-OH is 1. The Labute approximate surface area is 205 Å². The molecule has 2 aromatic heterocycles. The Morgan fingerprint density at radius 1 is 1.29 bits per heavy atom. The zero-order valence-electron chi connectivity index (χ0n) is 19.1. The van der Waals surface area contributed by atoms with Crippen LogP contribution < -0.4 is 5.32 Å². The van der Waals surface area contributed by atoms with Crippen molar-refractivity contribution in [3.8, 4) is 11.3 Å². The lowest BCUT2D eigenvalue weighted by Crippen LogP contribution is -2.48. The van der Waals surface area contributed by atoms with Gasteiger partial charge in [-0.05, 0) is 32.4 Å². The second kappa shape index (κ2) is 8.32. The zero-order chi connectivity index (χ0) is 24.5. The maximum atomic E-state index is 15.3. The van der Waals surface area contributed by atoms with E-state index in [4.69, 9.17) is 25.8 Å². The van der Waals surface area contributed by atoms with Crippen molar-refractivity contribution in [2.45, 2.75) is 56.5 Å². The molecular weight excluding hydrogens is 481 g/mol. The summed E-state index contributed by atoms with van der Waals surface area (Å²) in [4.78, 5) is 13.2. The number of hydrogen-bond donors (Lipinski definition) is 3. The van der Waals surface area contributed by atoms with Crippen molar-refractivity contribution in [3.05, 3.63) is 35.0 Å². The molecule has 6 rings (SSSR count). The quantitative estimate of drug-likeness (QED) is 0.479. The molecule has 3 aromatic rings. The highest BCUT2D eigenvalue weighted by Crippen LogP contribution is 2.37. The first-order valence-corrected chi connectivity index (χ1v) is 11.9. The Balaban J connectivity index is 1.39. The first kappa shape index (κ1) is 23.0. The van der Waals surface area contributed by atoms with Crippen LogP contribution in [0.25, 0.3) is 22.3 Å². The maximum absolute atomic E-state index is 15.3. The van der Waals surface area contributed by atoms with Crippen LogP contribution in [0.15, 0.2) is 18.3 Å². The number of imidazole rings is 1. The molecule has 0 spiro atoms. The number of anilines is 1. The summed E-state index contributed by atoms with van der Waals surface area (Å²) in [6, 6.07) is 2.61. The SMILES string of the molecule is CC(C)n1c(C2(O)COC2)nc2c(F)cc(-c3nc(N[C@@H]4C[C@H]5CO[C@H](O5)[C@H]4O)ncc3Cl)cc21. The third kappa shape index (κ3) is 3.78. The minimum Gasteiger partial charge on any atom is -0.386 e. The second-order valence-electron chi connectivity index (χ2n) is 9.58. The van der Waals surface area contributed by atoms with Crippen LogP contribution in [0.5, 0.6) is 0 Å². The van der Waals surface area contributed by atoms with Crippen LogP contribution in [-0.2, 0) is 19.8 Å². The summed E-state index contributed by atoms with van der Waals surface area (Å²) < 4.78 is 33.3. The van der Waals surface area contributed by atoms with E-state index in [1.54, 1.807) is 6.07 Å². The summed E-state index contributed by atoms with van der Waals surface area (Å²) in [5.41, 5.74) is 0.180. The van der Waals surface area contributed by atoms with Crippen molar-refractivity contribution in [3.63, 3.8) is 0 Å². The molecule has 0 radical (unpaired) electrons. The van der Waals surface area contributed by atoms with Crippen LogP contribution in [0.4, 0.5) is 10.3 Å². The number of nitrogens with one attached hydrogen (secondary N) is 1. The lowest BCUT2D eigenvalue weighted by atomic mass is 10.0. The van der Waals surface area contributed by atoms with Crippen LogP contribution in [0.3, 0.4) is 0 Å². The first-order valence-electron chi connectivity index (χ1n) is 11.5. The van der Waals surface area contributed by atoms with Crippen LogP contribution in [0.2, 0.25) is 5.02 Å². The smallest absolute Gasteiger partial charge is 0.223 e. The van der Waals surface area contributed by atoms with Crippen LogP contribution in [-0.4, -0.2) is 74.1 Å². The van der Waals surface area contributed by atoms with Gasteiger partial charge >= 0.3 is 0 Å². The number of hydrogen-bond acceptors (Lipinski definition) is 9. The Morgan fingerprint density at radius 3 is 2.80 bits per heavy atom. The molecule has 3 saturated heterocycles. The van der Waals surface area contributed by atoms with Crippen LogP contribution in [0.1, 0.15) is 32.1 Å². The molecule has 5 heterocycles. The van der Waals surface area contributed by atoms with Crippen LogP contribution >= 0.6 is 11.6 Å². The van der Waals surface area contributed by atoms with E-state index in [1.165, 1.54) is 12.3 Å². The fraction of sp³-hybridized carbons (Fsp3) is 0.522. The lowest BCUT2D eigenvalue weighted by molar-refractivity contribution is -0.190. The summed E-state index contributed by atoms with van der Waals surface area (Å²) in [6.45, 7) is 4.52. The Bertz CT molecular complexity index is 1300. The average Bonchev–Trinajstić information content (AvgIpc) is 3.39. The van der Waals surface area contributed by atoms with Crippen molar-refractivity contribution in [1.82, 2.24) is 19.5 Å². The van der Waals surface area contributed by atoms with E-state index in [2.05, 4.69) is 20.3 Å². The molecule has 2 bridgehead atoms. The number of ether oxygens (including phenoxy) is 3. The molecule has 0 saturated carbocycles. The molecule has 12 heteroatoms. The minimum absolute atomic E-state index is 0.0972. The summed E-state index contributed by atoms with van der Waals surface area (Å²) in [6.07, 6.45) is 0.291. The third-order valence-electron chi connectivity index (χ3n) is 6.68. The molecule has 10 nitrogen and oxygen atoms in total. The fourth-order valence-corrected chi connectivity index (χ4v) is 5.10. The van der Waals surface area contributed by atoms with Gasteiger partial charge in [0.05, 0.1) is 54.4 Å². The Hall–Kier alpha value is -2.41. The number of fused-ring (bicyclic) bond motifs is 3. The summed E-state index contributed by atoms with van der Waals surface area (Å²) >= 11 is 6.43. The normalized spacial score (nSPS) is 27.4. The molecule has 3 aliphatic rings. The van der Waals surface area contributed by atoms with Gasteiger partial charge in [0.15, 0.2) is 17.7 Å². The van der Waals surface area contributed by atoms with E-state index >= 15 is 4.39 Å². The zero-order valence-corrected chi connectivity index (χ0v) is 19.9. The number of aromatic nitrogens is 4. The first-order chi connectivity index (χ1) is 16.7. The maximum Gasteiger partial charge on any atom is 0.223 e. The molecule has 3 fully saturated rings. The van der Waals surface area contributed by atoms with E-state index in [-0.39, 0.29) is 47.9 Å². The van der Waals surface area contributed by atoms with E-state index < -0.39 is 23.8 Å². The van der Waals surface area contributed by atoms with Crippen LogP contribution in [0, 0.1) is 5.82 Å². The van der Waals surface area contributed by atoms with Gasteiger partial charge in [-0.25, -0.2) is 19.3 Å². The van der Waals surface area contributed by atoms with Crippen molar-refractivity contribution in [2.24, 2.45) is 0 Å². The predicted octanol–water partition coefficient (Wildman–Crippen LogP) is 2.37. The minimum atomic E-state index is -1.26. The molecule has 1 aromatic carbocycles. The number of halogens is 2. The summed E-state index contributed by atoms with van der Waals surface area (Å²) in [5, 5.41) is 24.8. The number of rotatable bonds is 5. The Morgan fingerprint density at radius 2 is 2.09 bits per heavy atom. The van der Waals surface area contributed by atoms with Gasteiger partial charge in [0.2, 0.25) is 5.95 Å². The van der Waals surface area contributed by atoms with Crippen molar-refractivity contribution in [2.75, 3.05) is 25.1 Å². The van der Waals surface area contributed by atoms with Gasteiger partial charge in [0.25, 0.3) is 0 Å². The molecule has 0 amide bonds. The monoisotopic (exact) mass is 505 g/mol. The molecule has 35 heavy (non-hydrogen) atoms. The Kier molecular flexibility index (Phi) is 5.47. The number of benzene rings is 1.